The summed E-state index contributed by atoms with van der Waals surface area (Å²) >= 11 is 0. The van der Waals surface area contributed by atoms with Gasteiger partial charge in [0.2, 0.25) is 5.91 Å². The maximum absolute atomic E-state index is 12.4. The Morgan fingerprint density at radius 3 is 2.22 bits per heavy atom. The van der Waals surface area contributed by atoms with E-state index in [1.807, 2.05) is 11.5 Å². The van der Waals surface area contributed by atoms with Gasteiger partial charge in [-0.05, 0) is 11.5 Å². The highest BCUT2D eigenvalue weighted by molar-refractivity contribution is 6.80. The molecule has 0 saturated carbocycles. The van der Waals surface area contributed by atoms with Gasteiger partial charge in [0.15, 0.2) is 8.24 Å². The predicted octanol–water partition coefficient (Wildman–Crippen LogP) is 2.70. The monoisotopic (exact) mass is 271 g/mol. The molecule has 1 aliphatic rings. The summed E-state index contributed by atoms with van der Waals surface area (Å²) in [5.41, 5.74) is -0.638. The van der Waals surface area contributed by atoms with Gasteiger partial charge >= 0.3 is 5.97 Å². The van der Waals surface area contributed by atoms with Crippen LogP contribution in [0.5, 0.6) is 0 Å². The van der Waals surface area contributed by atoms with Gasteiger partial charge < -0.3 is 9.67 Å². The van der Waals surface area contributed by atoms with E-state index in [0.29, 0.717) is 13.0 Å². The fourth-order valence-electron chi connectivity index (χ4n) is 2.30. The van der Waals surface area contributed by atoms with Gasteiger partial charge in [0.1, 0.15) is 0 Å². The second-order valence-electron chi connectivity index (χ2n) is 6.90. The third-order valence-corrected chi connectivity index (χ3v) is 10.2. The summed E-state index contributed by atoms with van der Waals surface area (Å²) in [6.07, 6.45) is 0.580. The van der Waals surface area contributed by atoms with Crippen molar-refractivity contribution >= 4 is 20.1 Å². The van der Waals surface area contributed by atoms with E-state index in [2.05, 4.69) is 33.9 Å². The van der Waals surface area contributed by atoms with Crippen molar-refractivity contribution < 1.29 is 14.7 Å². The summed E-state index contributed by atoms with van der Waals surface area (Å²) < 4.78 is 1.97. The molecule has 0 aliphatic carbocycles. The average Bonchev–Trinajstić information content (AvgIpc) is 2.20. The Morgan fingerprint density at radius 2 is 1.94 bits per heavy atom. The minimum atomic E-state index is -1.85. The van der Waals surface area contributed by atoms with Crippen molar-refractivity contribution in [3.05, 3.63) is 0 Å². The smallest absolute Gasteiger partial charge is 0.304 e. The first-order chi connectivity index (χ1) is 7.98. The number of hydrogen-bond donors (Lipinski definition) is 1. The van der Waals surface area contributed by atoms with Gasteiger partial charge in [-0.1, -0.05) is 40.8 Å². The second kappa shape index (κ2) is 4.37. The van der Waals surface area contributed by atoms with E-state index in [0.717, 1.165) is 0 Å². The van der Waals surface area contributed by atoms with Crippen molar-refractivity contribution in [2.24, 2.45) is 5.41 Å². The molecule has 1 rings (SSSR count). The number of nitrogens with zero attached hydrogens (tertiary/aromatic N) is 1. The number of carboxylic acid groups (broad SMARTS) is 1. The summed E-state index contributed by atoms with van der Waals surface area (Å²) in [6.45, 7) is 13.4. The molecular formula is C13H25NO3Si. The molecule has 0 bridgehead atoms. The molecule has 5 heteroatoms. The van der Waals surface area contributed by atoms with Crippen LogP contribution < -0.4 is 0 Å². The molecule has 1 N–H and O–H groups in total. The van der Waals surface area contributed by atoms with Gasteiger partial charge in [0, 0.05) is 6.54 Å². The molecule has 1 saturated heterocycles. The molecule has 1 aliphatic heterocycles. The first kappa shape index (κ1) is 15.2. The van der Waals surface area contributed by atoms with E-state index in [1.165, 1.54) is 0 Å². The number of carbonyl (C=O) groups excluding carboxylic acids is 1. The van der Waals surface area contributed by atoms with Crippen LogP contribution >= 0.6 is 0 Å². The lowest BCUT2D eigenvalue weighted by molar-refractivity contribution is -0.160. The van der Waals surface area contributed by atoms with Crippen molar-refractivity contribution in [2.75, 3.05) is 6.54 Å². The molecule has 0 aromatic carbocycles. The van der Waals surface area contributed by atoms with Gasteiger partial charge in [0.25, 0.3) is 0 Å². The Bertz CT molecular complexity index is 373. The quantitative estimate of drug-likeness (QED) is 0.632. The van der Waals surface area contributed by atoms with Crippen molar-refractivity contribution in [3.8, 4) is 0 Å². The standard InChI is InChI=1S/C13H25NO3Si/c1-7-13(8-10(15)16)9-14(11(13)17)18(5,6)12(2,3)4/h7-9H2,1-6H3,(H,15,16). The van der Waals surface area contributed by atoms with Gasteiger partial charge in [-0.2, -0.15) is 0 Å². The Hall–Kier alpha value is -0.843. The molecule has 1 heterocycles. The van der Waals surface area contributed by atoms with Crippen molar-refractivity contribution in [1.82, 2.24) is 4.57 Å². The highest BCUT2D eigenvalue weighted by atomic mass is 28.3. The Labute approximate surface area is 110 Å². The molecule has 0 spiro atoms. The van der Waals surface area contributed by atoms with Crippen LogP contribution in [0.25, 0.3) is 0 Å². The largest absolute Gasteiger partial charge is 0.481 e. The van der Waals surface area contributed by atoms with E-state index in [4.69, 9.17) is 5.11 Å². The maximum Gasteiger partial charge on any atom is 0.304 e. The molecule has 0 aromatic rings. The molecule has 1 fully saturated rings. The van der Waals surface area contributed by atoms with E-state index >= 15 is 0 Å². The first-order valence-electron chi connectivity index (χ1n) is 6.52. The van der Waals surface area contributed by atoms with E-state index in [-0.39, 0.29) is 17.4 Å². The van der Waals surface area contributed by atoms with Gasteiger partial charge in [-0.15, -0.1) is 0 Å². The predicted molar refractivity (Wildman–Crippen MR) is 73.9 cm³/mol. The molecule has 0 aromatic heterocycles. The van der Waals surface area contributed by atoms with Crippen LogP contribution in [0.4, 0.5) is 0 Å². The van der Waals surface area contributed by atoms with Crippen molar-refractivity contribution in [3.63, 3.8) is 0 Å². The Balaban J connectivity index is 2.91. The molecule has 18 heavy (non-hydrogen) atoms. The van der Waals surface area contributed by atoms with Crippen LogP contribution in [-0.4, -0.2) is 36.3 Å². The normalized spacial score (nSPS) is 25.0. The maximum atomic E-state index is 12.4. The third kappa shape index (κ3) is 2.20. The minimum Gasteiger partial charge on any atom is -0.481 e. The summed E-state index contributed by atoms with van der Waals surface area (Å²) in [5, 5.41) is 9.06. The average molecular weight is 271 g/mol. The molecule has 1 atom stereocenters. The summed E-state index contributed by atoms with van der Waals surface area (Å²) in [6, 6.07) is 0. The highest BCUT2D eigenvalue weighted by Crippen LogP contribution is 2.48. The topological polar surface area (TPSA) is 57.6 Å². The zero-order valence-corrected chi connectivity index (χ0v) is 13.3. The lowest BCUT2D eigenvalue weighted by Crippen LogP contribution is -2.72. The van der Waals surface area contributed by atoms with Crippen LogP contribution in [0.3, 0.4) is 0 Å². The molecule has 1 amide bonds. The summed E-state index contributed by atoms with van der Waals surface area (Å²) in [5.74, 6) is -0.820. The fourth-order valence-corrected chi connectivity index (χ4v) is 4.56. The summed E-state index contributed by atoms with van der Waals surface area (Å²) in [7, 11) is -1.85. The lowest BCUT2D eigenvalue weighted by atomic mass is 9.75. The third-order valence-electron chi connectivity index (χ3n) is 4.84. The molecule has 1 unspecified atom stereocenters. The number of carboxylic acids is 1. The Kier molecular flexibility index (Phi) is 3.69. The number of β-lactam (4-membered cyclic amide) rings is 1. The van der Waals surface area contributed by atoms with Gasteiger partial charge in [-0.25, -0.2) is 0 Å². The van der Waals surface area contributed by atoms with Crippen LogP contribution in [0, 0.1) is 5.41 Å². The molecule has 0 radical (unpaired) electrons. The second-order valence-corrected chi connectivity index (χ2v) is 12.1. The number of carbonyl (C=O) groups is 2. The van der Waals surface area contributed by atoms with E-state index < -0.39 is 19.6 Å². The fraction of sp³-hybridized carbons (Fsp3) is 0.846. The SMILES string of the molecule is CCC1(CC(=O)O)CN([Si](C)(C)C(C)(C)C)C1=O. The van der Waals surface area contributed by atoms with Crippen LogP contribution in [0.1, 0.15) is 40.5 Å². The van der Waals surface area contributed by atoms with E-state index in [1.54, 1.807) is 0 Å². The number of hydrogen-bond acceptors (Lipinski definition) is 2. The molecular weight excluding hydrogens is 246 g/mol. The zero-order chi connectivity index (χ0) is 14.4. The van der Waals surface area contributed by atoms with Crippen LogP contribution in [-0.2, 0) is 9.59 Å². The highest BCUT2D eigenvalue weighted by Gasteiger charge is 2.58. The number of amides is 1. The lowest BCUT2D eigenvalue weighted by Gasteiger charge is -2.58. The molecule has 104 valence electrons. The van der Waals surface area contributed by atoms with Crippen LogP contribution in [0.15, 0.2) is 0 Å². The first-order valence-corrected chi connectivity index (χ1v) is 9.46. The zero-order valence-electron chi connectivity index (χ0n) is 12.3. The van der Waals surface area contributed by atoms with Crippen LogP contribution in [0.2, 0.25) is 18.1 Å². The Morgan fingerprint density at radius 1 is 1.44 bits per heavy atom. The van der Waals surface area contributed by atoms with Crippen molar-refractivity contribution in [1.29, 1.82) is 0 Å². The van der Waals surface area contributed by atoms with Crippen molar-refractivity contribution in [2.45, 2.75) is 58.7 Å². The molecule has 4 nitrogen and oxygen atoms in total. The number of aliphatic carboxylic acids is 1. The number of rotatable bonds is 4. The van der Waals surface area contributed by atoms with E-state index in [9.17, 15) is 9.59 Å². The summed E-state index contributed by atoms with van der Waals surface area (Å²) in [4.78, 5) is 23.3. The van der Waals surface area contributed by atoms with Gasteiger partial charge in [-0.3, -0.25) is 9.59 Å². The minimum absolute atomic E-state index is 0.0343. The van der Waals surface area contributed by atoms with Gasteiger partial charge in [0.05, 0.1) is 11.8 Å².